The molecule has 0 aliphatic heterocycles. The molecule has 0 atom stereocenters. The number of benzene rings is 2. The molecule has 0 unspecified atom stereocenters. The third kappa shape index (κ3) is 5.36. The minimum atomic E-state index is -0.306. The Morgan fingerprint density at radius 1 is 1.20 bits per heavy atom. The molecule has 0 aliphatic rings. The van der Waals surface area contributed by atoms with Gasteiger partial charge in [0.05, 0.1) is 12.1 Å². The Kier molecular flexibility index (Phi) is 6.60. The van der Waals surface area contributed by atoms with Gasteiger partial charge in [0.1, 0.15) is 5.75 Å². The van der Waals surface area contributed by atoms with E-state index in [1.807, 2.05) is 6.92 Å². The summed E-state index contributed by atoms with van der Waals surface area (Å²) in [6, 6.07) is 12.0. The summed E-state index contributed by atoms with van der Waals surface area (Å²) in [5.74, 6) is 0.0902. The lowest BCUT2D eigenvalue weighted by atomic mass is 10.2. The van der Waals surface area contributed by atoms with Gasteiger partial charge in [0, 0.05) is 23.9 Å². The van der Waals surface area contributed by atoms with Crippen molar-refractivity contribution in [1.29, 1.82) is 0 Å². The van der Waals surface area contributed by atoms with Gasteiger partial charge in [0.15, 0.2) is 0 Å². The van der Waals surface area contributed by atoms with Crippen molar-refractivity contribution in [1.82, 2.24) is 5.32 Å². The average molecular weight is 359 g/mol. The molecule has 2 aromatic carbocycles. The number of hydrogen-bond donors (Lipinski definition) is 2. The summed E-state index contributed by atoms with van der Waals surface area (Å²) in [5, 5.41) is 5.91. The molecule has 2 aromatic rings. The minimum Gasteiger partial charge on any atom is -0.495 e. The standard InChI is InChI=1S/C19H19ClN2O3/c1-3-21-19(24)14-5-4-6-15(12-14)22-18(23)10-8-13-7-9-17(25-2)16(20)11-13/h4-12H,3H2,1-2H3,(H,21,24)(H,22,23)/b10-8+. The van der Waals surface area contributed by atoms with Crippen LogP contribution >= 0.6 is 11.6 Å². The summed E-state index contributed by atoms with van der Waals surface area (Å²) < 4.78 is 5.08. The summed E-state index contributed by atoms with van der Waals surface area (Å²) in [4.78, 5) is 23.9. The first-order valence-electron chi connectivity index (χ1n) is 7.74. The van der Waals surface area contributed by atoms with Crippen molar-refractivity contribution in [2.24, 2.45) is 0 Å². The molecule has 0 aromatic heterocycles. The maximum Gasteiger partial charge on any atom is 0.251 e. The number of rotatable bonds is 6. The van der Waals surface area contributed by atoms with Gasteiger partial charge in [0.2, 0.25) is 5.91 Å². The van der Waals surface area contributed by atoms with Crippen LogP contribution in [0.25, 0.3) is 6.08 Å². The van der Waals surface area contributed by atoms with E-state index in [4.69, 9.17) is 16.3 Å². The summed E-state index contributed by atoms with van der Waals surface area (Å²) in [6.07, 6.45) is 3.05. The zero-order valence-corrected chi connectivity index (χ0v) is 14.8. The van der Waals surface area contributed by atoms with E-state index in [2.05, 4.69) is 10.6 Å². The van der Waals surface area contributed by atoms with Crippen LogP contribution in [0, 0.1) is 0 Å². The molecular formula is C19H19ClN2O3. The number of amides is 2. The molecule has 2 amide bonds. The molecule has 2 rings (SSSR count). The number of hydrogen-bond acceptors (Lipinski definition) is 3. The van der Waals surface area contributed by atoms with Gasteiger partial charge < -0.3 is 15.4 Å². The van der Waals surface area contributed by atoms with Crippen LogP contribution in [0.3, 0.4) is 0 Å². The third-order valence-electron chi connectivity index (χ3n) is 3.33. The van der Waals surface area contributed by atoms with Crippen molar-refractivity contribution < 1.29 is 14.3 Å². The Labute approximate surface area is 151 Å². The number of ether oxygens (including phenoxy) is 1. The highest BCUT2D eigenvalue weighted by Gasteiger charge is 2.06. The van der Waals surface area contributed by atoms with Crippen LogP contribution in [-0.4, -0.2) is 25.5 Å². The lowest BCUT2D eigenvalue weighted by Gasteiger charge is -2.06. The van der Waals surface area contributed by atoms with Gasteiger partial charge in [-0.1, -0.05) is 23.7 Å². The van der Waals surface area contributed by atoms with Gasteiger partial charge >= 0.3 is 0 Å². The molecular weight excluding hydrogens is 340 g/mol. The predicted molar refractivity (Wildman–Crippen MR) is 100 cm³/mol. The van der Waals surface area contributed by atoms with Gasteiger partial charge in [-0.2, -0.15) is 0 Å². The second-order valence-corrected chi connectivity index (χ2v) is 5.56. The second kappa shape index (κ2) is 8.89. The van der Waals surface area contributed by atoms with Crippen LogP contribution in [0.15, 0.2) is 48.5 Å². The lowest BCUT2D eigenvalue weighted by Crippen LogP contribution is -2.22. The maximum atomic E-state index is 12.0. The van der Waals surface area contributed by atoms with Crippen molar-refractivity contribution >= 4 is 35.2 Å². The summed E-state index contributed by atoms with van der Waals surface area (Å²) in [6.45, 7) is 2.39. The first-order valence-corrected chi connectivity index (χ1v) is 8.12. The molecule has 0 saturated carbocycles. The highest BCUT2D eigenvalue weighted by atomic mass is 35.5. The first kappa shape index (κ1) is 18.5. The molecule has 2 N–H and O–H groups in total. The molecule has 5 nitrogen and oxygen atoms in total. The van der Waals surface area contributed by atoms with E-state index in [9.17, 15) is 9.59 Å². The van der Waals surface area contributed by atoms with E-state index in [0.29, 0.717) is 28.6 Å². The SMILES string of the molecule is CCNC(=O)c1cccc(NC(=O)/C=C/c2ccc(OC)c(Cl)c2)c1. The number of nitrogens with one attached hydrogen (secondary N) is 2. The summed E-state index contributed by atoms with van der Waals surface area (Å²) >= 11 is 6.05. The van der Waals surface area contributed by atoms with E-state index >= 15 is 0 Å². The highest BCUT2D eigenvalue weighted by molar-refractivity contribution is 6.32. The van der Waals surface area contributed by atoms with Crippen LogP contribution in [0.4, 0.5) is 5.69 Å². The number of anilines is 1. The van der Waals surface area contributed by atoms with Crippen LogP contribution in [0.5, 0.6) is 5.75 Å². The van der Waals surface area contributed by atoms with Crippen molar-refractivity contribution in [3.63, 3.8) is 0 Å². The Morgan fingerprint density at radius 2 is 2.00 bits per heavy atom. The van der Waals surface area contributed by atoms with Crippen LogP contribution in [-0.2, 0) is 4.79 Å². The fraction of sp³-hybridized carbons (Fsp3) is 0.158. The number of carbonyl (C=O) groups is 2. The van der Waals surface area contributed by atoms with Gasteiger partial charge in [0.25, 0.3) is 5.91 Å². The van der Waals surface area contributed by atoms with Crippen LogP contribution in [0.2, 0.25) is 5.02 Å². The van der Waals surface area contributed by atoms with E-state index in [-0.39, 0.29) is 11.8 Å². The smallest absolute Gasteiger partial charge is 0.251 e. The zero-order chi connectivity index (χ0) is 18.2. The van der Waals surface area contributed by atoms with Crippen molar-refractivity contribution in [3.05, 3.63) is 64.7 Å². The van der Waals surface area contributed by atoms with Crippen LogP contribution in [0.1, 0.15) is 22.8 Å². The third-order valence-corrected chi connectivity index (χ3v) is 3.63. The molecule has 0 saturated heterocycles. The topological polar surface area (TPSA) is 67.4 Å². The fourth-order valence-electron chi connectivity index (χ4n) is 2.14. The van der Waals surface area contributed by atoms with E-state index in [1.165, 1.54) is 6.08 Å². The largest absolute Gasteiger partial charge is 0.495 e. The van der Waals surface area contributed by atoms with E-state index in [0.717, 1.165) is 5.56 Å². The molecule has 25 heavy (non-hydrogen) atoms. The molecule has 0 heterocycles. The van der Waals surface area contributed by atoms with Crippen molar-refractivity contribution in [2.75, 3.05) is 19.0 Å². The monoisotopic (exact) mass is 358 g/mol. The van der Waals surface area contributed by atoms with Gasteiger partial charge in [-0.15, -0.1) is 0 Å². The molecule has 6 heteroatoms. The van der Waals surface area contributed by atoms with Gasteiger partial charge in [-0.3, -0.25) is 9.59 Å². The van der Waals surface area contributed by atoms with Crippen molar-refractivity contribution in [3.8, 4) is 5.75 Å². The van der Waals surface area contributed by atoms with E-state index < -0.39 is 0 Å². The fourth-order valence-corrected chi connectivity index (χ4v) is 2.41. The Balaban J connectivity index is 2.03. The molecule has 0 aliphatic carbocycles. The quantitative estimate of drug-likeness (QED) is 0.773. The minimum absolute atomic E-state index is 0.179. The molecule has 0 fully saturated rings. The zero-order valence-electron chi connectivity index (χ0n) is 14.0. The molecule has 130 valence electrons. The maximum absolute atomic E-state index is 12.0. The first-order chi connectivity index (χ1) is 12.0. The number of methoxy groups -OCH3 is 1. The normalized spacial score (nSPS) is 10.5. The Hall–Kier alpha value is -2.79. The predicted octanol–water partition coefficient (Wildman–Crippen LogP) is 3.75. The Morgan fingerprint density at radius 3 is 2.68 bits per heavy atom. The number of carbonyl (C=O) groups excluding carboxylic acids is 2. The van der Waals surface area contributed by atoms with E-state index in [1.54, 1.807) is 55.7 Å². The average Bonchev–Trinajstić information content (AvgIpc) is 2.60. The van der Waals surface area contributed by atoms with Gasteiger partial charge in [-0.25, -0.2) is 0 Å². The molecule has 0 spiro atoms. The highest BCUT2D eigenvalue weighted by Crippen LogP contribution is 2.25. The summed E-state index contributed by atoms with van der Waals surface area (Å²) in [5.41, 5.74) is 1.81. The lowest BCUT2D eigenvalue weighted by molar-refractivity contribution is -0.111. The van der Waals surface area contributed by atoms with Crippen molar-refractivity contribution in [2.45, 2.75) is 6.92 Å². The Bertz CT molecular complexity index is 803. The molecule has 0 radical (unpaired) electrons. The van der Waals surface area contributed by atoms with Crippen LogP contribution < -0.4 is 15.4 Å². The number of halogens is 1. The summed E-state index contributed by atoms with van der Waals surface area (Å²) in [7, 11) is 1.54. The van der Waals surface area contributed by atoms with Gasteiger partial charge in [-0.05, 0) is 48.9 Å². The molecule has 0 bridgehead atoms. The second-order valence-electron chi connectivity index (χ2n) is 5.16.